The van der Waals surface area contributed by atoms with Crippen LogP contribution in [-0.4, -0.2) is 63.3 Å². The third kappa shape index (κ3) is 4.28. The molecule has 4 rings (SSSR count). The van der Waals surface area contributed by atoms with Crippen LogP contribution in [0.1, 0.15) is 35.8 Å². The molecule has 1 aliphatic rings. The zero-order valence-corrected chi connectivity index (χ0v) is 18.1. The number of nitrogens with one attached hydrogen (secondary N) is 1. The number of rotatable bonds is 8. The van der Waals surface area contributed by atoms with Gasteiger partial charge in [0.05, 0.1) is 34.6 Å². The van der Waals surface area contributed by atoms with Crippen LogP contribution in [0, 0.1) is 0 Å². The van der Waals surface area contributed by atoms with Crippen molar-refractivity contribution in [3.8, 4) is 16.5 Å². The molecular formula is C21H26N6O2S. The SMILES string of the molecule is CCN1CCC[C@H]1CNC(=O)c1cnn(-c2nccc(-c3cccs3)n2)c1COC. The van der Waals surface area contributed by atoms with Crippen LogP contribution in [0.3, 0.4) is 0 Å². The van der Waals surface area contributed by atoms with Gasteiger partial charge in [-0.25, -0.2) is 9.97 Å². The minimum atomic E-state index is -0.148. The summed E-state index contributed by atoms with van der Waals surface area (Å²) in [5.41, 5.74) is 1.95. The van der Waals surface area contributed by atoms with Crippen molar-refractivity contribution in [2.45, 2.75) is 32.4 Å². The van der Waals surface area contributed by atoms with Crippen LogP contribution < -0.4 is 5.32 Å². The van der Waals surface area contributed by atoms with Gasteiger partial charge in [0.2, 0.25) is 0 Å². The highest BCUT2D eigenvalue weighted by molar-refractivity contribution is 7.13. The summed E-state index contributed by atoms with van der Waals surface area (Å²) in [6.07, 6.45) is 5.56. The summed E-state index contributed by atoms with van der Waals surface area (Å²) >= 11 is 1.61. The number of amides is 1. The maximum Gasteiger partial charge on any atom is 0.254 e. The molecule has 1 saturated heterocycles. The van der Waals surface area contributed by atoms with E-state index in [9.17, 15) is 4.79 Å². The number of ether oxygens (including phenoxy) is 1. The van der Waals surface area contributed by atoms with Crippen LogP contribution >= 0.6 is 11.3 Å². The van der Waals surface area contributed by atoms with E-state index in [0.717, 1.165) is 30.1 Å². The second kappa shape index (κ2) is 9.46. The van der Waals surface area contributed by atoms with Crippen LogP contribution in [0.25, 0.3) is 16.5 Å². The lowest BCUT2D eigenvalue weighted by atomic mass is 10.2. The Morgan fingerprint density at radius 1 is 1.40 bits per heavy atom. The average molecular weight is 427 g/mol. The maximum absolute atomic E-state index is 12.9. The summed E-state index contributed by atoms with van der Waals surface area (Å²) in [6, 6.07) is 6.25. The molecule has 0 spiro atoms. The Labute approximate surface area is 179 Å². The van der Waals surface area contributed by atoms with E-state index in [-0.39, 0.29) is 12.5 Å². The van der Waals surface area contributed by atoms with E-state index in [0.29, 0.717) is 29.8 Å². The van der Waals surface area contributed by atoms with Crippen molar-refractivity contribution in [1.29, 1.82) is 0 Å². The molecule has 30 heavy (non-hydrogen) atoms. The summed E-state index contributed by atoms with van der Waals surface area (Å²) in [4.78, 5) is 25.4. The van der Waals surface area contributed by atoms with E-state index in [1.807, 2.05) is 23.6 Å². The minimum Gasteiger partial charge on any atom is -0.378 e. The molecule has 3 aromatic heterocycles. The molecule has 3 aromatic rings. The van der Waals surface area contributed by atoms with E-state index in [4.69, 9.17) is 4.74 Å². The second-order valence-corrected chi connectivity index (χ2v) is 8.15. The number of hydrogen-bond donors (Lipinski definition) is 1. The number of likely N-dealkylation sites (tertiary alicyclic amines) is 1. The highest BCUT2D eigenvalue weighted by Crippen LogP contribution is 2.23. The molecule has 1 fully saturated rings. The minimum absolute atomic E-state index is 0.148. The summed E-state index contributed by atoms with van der Waals surface area (Å²) in [5.74, 6) is 0.269. The van der Waals surface area contributed by atoms with Gasteiger partial charge >= 0.3 is 0 Å². The molecule has 0 aliphatic carbocycles. The zero-order chi connectivity index (χ0) is 20.9. The van der Waals surface area contributed by atoms with E-state index in [1.165, 1.54) is 6.42 Å². The number of thiophene rings is 1. The largest absolute Gasteiger partial charge is 0.378 e. The topological polar surface area (TPSA) is 85.2 Å². The Morgan fingerprint density at radius 3 is 3.07 bits per heavy atom. The van der Waals surface area contributed by atoms with E-state index in [1.54, 1.807) is 35.5 Å². The van der Waals surface area contributed by atoms with Crippen molar-refractivity contribution in [1.82, 2.24) is 30.0 Å². The van der Waals surface area contributed by atoms with Crippen LogP contribution in [0.15, 0.2) is 36.0 Å². The zero-order valence-electron chi connectivity index (χ0n) is 17.2. The van der Waals surface area contributed by atoms with Crippen LogP contribution in [0.2, 0.25) is 0 Å². The van der Waals surface area contributed by atoms with Gasteiger partial charge in [-0.1, -0.05) is 13.0 Å². The van der Waals surface area contributed by atoms with Gasteiger partial charge in [-0.2, -0.15) is 9.78 Å². The summed E-state index contributed by atoms with van der Waals surface area (Å²) < 4.78 is 6.94. The van der Waals surface area contributed by atoms with Crippen LogP contribution in [0.4, 0.5) is 0 Å². The Hall–Kier alpha value is -2.62. The van der Waals surface area contributed by atoms with Gasteiger partial charge < -0.3 is 10.1 Å². The highest BCUT2D eigenvalue weighted by atomic mass is 32.1. The molecule has 0 saturated carbocycles. The number of likely N-dealkylation sites (N-methyl/N-ethyl adjacent to an activating group) is 1. The van der Waals surface area contributed by atoms with E-state index in [2.05, 4.69) is 32.2 Å². The van der Waals surface area contributed by atoms with Crippen molar-refractivity contribution in [3.63, 3.8) is 0 Å². The predicted octanol–water partition coefficient (Wildman–Crippen LogP) is 2.75. The first kappa shape index (κ1) is 20.6. The lowest BCUT2D eigenvalue weighted by Crippen LogP contribution is -2.40. The summed E-state index contributed by atoms with van der Waals surface area (Å²) in [7, 11) is 1.60. The van der Waals surface area contributed by atoms with Gasteiger partial charge in [0.1, 0.15) is 0 Å². The molecule has 8 nitrogen and oxygen atoms in total. The molecule has 0 radical (unpaired) electrons. The van der Waals surface area contributed by atoms with Crippen molar-refractivity contribution in [2.75, 3.05) is 26.7 Å². The highest BCUT2D eigenvalue weighted by Gasteiger charge is 2.25. The lowest BCUT2D eigenvalue weighted by Gasteiger charge is -2.22. The molecule has 0 unspecified atom stereocenters. The van der Waals surface area contributed by atoms with E-state index >= 15 is 0 Å². The Kier molecular flexibility index (Phi) is 6.51. The molecule has 4 heterocycles. The first-order valence-corrected chi connectivity index (χ1v) is 11.0. The van der Waals surface area contributed by atoms with Crippen LogP contribution in [-0.2, 0) is 11.3 Å². The molecule has 0 bridgehead atoms. The second-order valence-electron chi connectivity index (χ2n) is 7.20. The predicted molar refractivity (Wildman–Crippen MR) is 116 cm³/mol. The third-order valence-corrected chi connectivity index (χ3v) is 6.30. The molecule has 1 amide bonds. The third-order valence-electron chi connectivity index (χ3n) is 5.40. The standard InChI is InChI=1S/C21H26N6O2S/c1-3-26-10-4-6-15(26)12-23-20(28)16-13-24-27(18(16)14-29-2)21-22-9-8-17(25-21)19-7-5-11-30-19/h5,7-9,11,13,15H,3-4,6,10,12,14H2,1-2H3,(H,23,28)/t15-/m0/s1. The molecule has 1 atom stereocenters. The van der Waals surface area contributed by atoms with Crippen molar-refractivity contribution >= 4 is 17.2 Å². The van der Waals surface area contributed by atoms with Crippen molar-refractivity contribution in [3.05, 3.63) is 47.2 Å². The number of nitrogens with zero attached hydrogens (tertiary/aromatic N) is 5. The molecule has 0 aromatic carbocycles. The monoisotopic (exact) mass is 426 g/mol. The molecular weight excluding hydrogens is 400 g/mol. The summed E-state index contributed by atoms with van der Waals surface area (Å²) in [5, 5.41) is 9.48. The van der Waals surface area contributed by atoms with Gasteiger partial charge in [-0.3, -0.25) is 9.69 Å². The van der Waals surface area contributed by atoms with Crippen LogP contribution in [0.5, 0.6) is 0 Å². The van der Waals surface area contributed by atoms with Crippen molar-refractivity contribution < 1.29 is 9.53 Å². The number of carbonyl (C=O) groups is 1. The fraction of sp³-hybridized carbons (Fsp3) is 0.429. The van der Waals surface area contributed by atoms with Crippen molar-refractivity contribution in [2.24, 2.45) is 0 Å². The molecule has 1 N–H and O–H groups in total. The van der Waals surface area contributed by atoms with Gasteiger partial charge in [-0.05, 0) is 43.4 Å². The first-order chi connectivity index (χ1) is 14.7. The normalized spacial score (nSPS) is 16.8. The Balaban J connectivity index is 1.56. The quantitative estimate of drug-likeness (QED) is 0.596. The first-order valence-electron chi connectivity index (χ1n) is 10.2. The number of hydrogen-bond acceptors (Lipinski definition) is 7. The lowest BCUT2D eigenvalue weighted by molar-refractivity contribution is 0.0936. The number of methoxy groups -OCH3 is 1. The smallest absolute Gasteiger partial charge is 0.254 e. The van der Waals surface area contributed by atoms with Gasteiger partial charge in [-0.15, -0.1) is 11.3 Å². The fourth-order valence-electron chi connectivity index (χ4n) is 3.87. The average Bonchev–Trinajstić information content (AvgIpc) is 3.53. The molecule has 158 valence electrons. The molecule has 9 heteroatoms. The number of carbonyl (C=O) groups excluding carboxylic acids is 1. The Bertz CT molecular complexity index is 987. The summed E-state index contributed by atoms with van der Waals surface area (Å²) in [6.45, 7) is 5.13. The van der Waals surface area contributed by atoms with Gasteiger partial charge in [0.15, 0.2) is 0 Å². The van der Waals surface area contributed by atoms with Gasteiger partial charge in [0, 0.05) is 25.9 Å². The number of aromatic nitrogens is 4. The van der Waals surface area contributed by atoms with E-state index < -0.39 is 0 Å². The maximum atomic E-state index is 12.9. The van der Waals surface area contributed by atoms with Gasteiger partial charge in [0.25, 0.3) is 11.9 Å². The molecule has 1 aliphatic heterocycles. The Morgan fingerprint density at radius 2 is 2.30 bits per heavy atom. The fourth-order valence-corrected chi connectivity index (χ4v) is 4.57.